The van der Waals surface area contributed by atoms with E-state index in [0.717, 1.165) is 5.56 Å². The Bertz CT molecular complexity index is 740. The topological polar surface area (TPSA) is 125 Å². The second kappa shape index (κ2) is 5.48. The smallest absolute Gasteiger partial charge is 0.284 e. The fourth-order valence-corrected chi connectivity index (χ4v) is 2.60. The molecule has 0 saturated heterocycles. The molecule has 0 aliphatic carbocycles. The maximum absolute atomic E-state index is 12.0. The summed E-state index contributed by atoms with van der Waals surface area (Å²) in [5, 5.41) is 7.77. The molecule has 0 spiro atoms. The van der Waals surface area contributed by atoms with Crippen LogP contribution in [0.2, 0.25) is 0 Å². The van der Waals surface area contributed by atoms with E-state index < -0.39 is 30.9 Å². The third-order valence-electron chi connectivity index (χ3n) is 2.05. The molecular formula is C10H10N2O5S2. The van der Waals surface area contributed by atoms with Crippen molar-refractivity contribution in [2.45, 2.75) is 11.8 Å². The Kier molecular flexibility index (Phi) is 4.41. The quantitative estimate of drug-likeness (QED) is 0.493. The van der Waals surface area contributed by atoms with Gasteiger partial charge in [-0.3, -0.25) is 4.55 Å². The van der Waals surface area contributed by atoms with Crippen LogP contribution >= 0.6 is 0 Å². The second-order valence-electron chi connectivity index (χ2n) is 3.60. The molecular weight excluding hydrogens is 292 g/mol. The largest absolute Gasteiger partial charge is 0.285 e. The summed E-state index contributed by atoms with van der Waals surface area (Å²) in [5.41, 5.74) is 0.826. The summed E-state index contributed by atoms with van der Waals surface area (Å²) >= 11 is 0. The SMILES string of the molecule is Cc1ccc(S(=O)(=O)C(C#N)=NCS(=O)(=O)O)cc1. The highest BCUT2D eigenvalue weighted by Gasteiger charge is 2.23. The lowest BCUT2D eigenvalue weighted by Gasteiger charge is -2.02. The molecule has 19 heavy (non-hydrogen) atoms. The number of hydrogen-bond donors (Lipinski definition) is 1. The summed E-state index contributed by atoms with van der Waals surface area (Å²) in [5.74, 6) is -1.18. The average Bonchev–Trinajstić information content (AvgIpc) is 2.28. The number of hydrogen-bond acceptors (Lipinski definition) is 6. The Morgan fingerprint density at radius 1 is 1.26 bits per heavy atom. The average molecular weight is 302 g/mol. The van der Waals surface area contributed by atoms with Gasteiger partial charge in [0.05, 0.1) is 4.90 Å². The van der Waals surface area contributed by atoms with Gasteiger partial charge in [-0.15, -0.1) is 0 Å². The minimum absolute atomic E-state index is 0.172. The van der Waals surface area contributed by atoms with Gasteiger partial charge in [-0.1, -0.05) is 17.7 Å². The Hall–Kier alpha value is -1.76. The molecule has 1 rings (SSSR count). The molecule has 0 fully saturated rings. The maximum Gasteiger partial charge on any atom is 0.285 e. The van der Waals surface area contributed by atoms with Crippen LogP contribution in [0, 0.1) is 18.3 Å². The monoisotopic (exact) mass is 302 g/mol. The second-order valence-corrected chi connectivity index (χ2v) is 6.89. The van der Waals surface area contributed by atoms with Gasteiger partial charge in [0, 0.05) is 0 Å². The van der Waals surface area contributed by atoms with E-state index in [4.69, 9.17) is 9.81 Å². The standard InChI is InChI=1S/C10H10N2O5S2/c1-8-2-4-9(5-3-8)19(16,17)10(6-11)12-7-18(13,14)15/h2-5H,7H2,1H3,(H,13,14,15). The molecule has 7 nitrogen and oxygen atoms in total. The molecule has 1 N–H and O–H groups in total. The molecule has 0 radical (unpaired) electrons. The van der Waals surface area contributed by atoms with Gasteiger partial charge in [0.25, 0.3) is 10.1 Å². The van der Waals surface area contributed by atoms with E-state index >= 15 is 0 Å². The van der Waals surface area contributed by atoms with Gasteiger partial charge in [-0.2, -0.15) is 13.7 Å². The molecule has 0 saturated carbocycles. The molecule has 1 aromatic carbocycles. The molecule has 0 amide bonds. The van der Waals surface area contributed by atoms with Crippen LogP contribution in [-0.2, 0) is 20.0 Å². The summed E-state index contributed by atoms with van der Waals surface area (Å²) in [7, 11) is -8.66. The number of nitrogens with zero attached hydrogens (tertiary/aromatic N) is 2. The lowest BCUT2D eigenvalue weighted by Crippen LogP contribution is -2.15. The summed E-state index contributed by atoms with van der Waals surface area (Å²) in [6.45, 7) is 1.76. The minimum Gasteiger partial charge on any atom is -0.284 e. The van der Waals surface area contributed by atoms with Crippen LogP contribution in [0.3, 0.4) is 0 Å². The molecule has 0 bridgehead atoms. The summed E-state index contributed by atoms with van der Waals surface area (Å²) in [4.78, 5) is 2.94. The van der Waals surface area contributed by atoms with Gasteiger partial charge < -0.3 is 0 Å². The van der Waals surface area contributed by atoms with Crippen molar-refractivity contribution in [1.29, 1.82) is 5.26 Å². The van der Waals surface area contributed by atoms with Gasteiger partial charge in [0.15, 0.2) is 5.88 Å². The first-order valence-electron chi connectivity index (χ1n) is 4.88. The maximum atomic E-state index is 12.0. The van der Waals surface area contributed by atoms with Crippen LogP contribution in [0.25, 0.3) is 0 Å². The zero-order valence-corrected chi connectivity index (χ0v) is 11.4. The van der Waals surface area contributed by atoms with E-state index in [1.165, 1.54) is 30.3 Å². The fraction of sp³-hybridized carbons (Fsp3) is 0.200. The van der Waals surface area contributed by atoms with Crippen LogP contribution in [-0.4, -0.2) is 32.3 Å². The van der Waals surface area contributed by atoms with Crippen LogP contribution in [0.4, 0.5) is 0 Å². The number of nitriles is 1. The Balaban J connectivity index is 3.25. The van der Waals surface area contributed by atoms with E-state index in [1.54, 1.807) is 6.92 Å². The van der Waals surface area contributed by atoms with Crippen molar-refractivity contribution in [3.8, 4) is 6.07 Å². The van der Waals surface area contributed by atoms with Crippen molar-refractivity contribution in [2.24, 2.45) is 4.99 Å². The van der Waals surface area contributed by atoms with Gasteiger partial charge in [-0.05, 0) is 19.1 Å². The Morgan fingerprint density at radius 2 is 1.79 bits per heavy atom. The first-order chi connectivity index (χ1) is 8.66. The van der Waals surface area contributed by atoms with Crippen molar-refractivity contribution in [3.63, 3.8) is 0 Å². The van der Waals surface area contributed by atoms with Crippen molar-refractivity contribution in [3.05, 3.63) is 29.8 Å². The first-order valence-corrected chi connectivity index (χ1v) is 7.97. The normalized spacial score (nSPS) is 13.0. The number of benzene rings is 1. The van der Waals surface area contributed by atoms with Crippen LogP contribution in [0.5, 0.6) is 0 Å². The van der Waals surface area contributed by atoms with Crippen LogP contribution in [0.15, 0.2) is 34.2 Å². The molecule has 9 heteroatoms. The van der Waals surface area contributed by atoms with Crippen LogP contribution < -0.4 is 0 Å². The highest BCUT2D eigenvalue weighted by molar-refractivity contribution is 8.07. The third-order valence-corrected chi connectivity index (χ3v) is 4.13. The van der Waals surface area contributed by atoms with Gasteiger partial charge in [-0.25, -0.2) is 13.4 Å². The molecule has 1 aromatic rings. The molecule has 0 aromatic heterocycles. The zero-order valence-electron chi connectivity index (χ0n) is 9.81. The lowest BCUT2D eigenvalue weighted by molar-refractivity contribution is 0.484. The van der Waals surface area contributed by atoms with Crippen molar-refractivity contribution in [1.82, 2.24) is 0 Å². The predicted molar refractivity (Wildman–Crippen MR) is 67.8 cm³/mol. The van der Waals surface area contributed by atoms with Crippen molar-refractivity contribution in [2.75, 3.05) is 5.88 Å². The highest BCUT2D eigenvalue weighted by Crippen LogP contribution is 2.13. The Labute approximate surface area is 110 Å². The van der Waals surface area contributed by atoms with Gasteiger partial charge in [0.2, 0.25) is 14.9 Å². The lowest BCUT2D eigenvalue weighted by atomic mass is 10.2. The third kappa shape index (κ3) is 4.13. The predicted octanol–water partition coefficient (Wildman–Crippen LogP) is 0.536. The zero-order chi connectivity index (χ0) is 14.7. The van der Waals surface area contributed by atoms with Crippen molar-refractivity contribution < 1.29 is 21.4 Å². The highest BCUT2D eigenvalue weighted by atomic mass is 32.2. The van der Waals surface area contributed by atoms with Crippen LogP contribution in [0.1, 0.15) is 5.56 Å². The number of aryl methyl sites for hydroxylation is 1. The number of aliphatic imine (C=N–C) groups is 1. The number of rotatable bonds is 3. The summed E-state index contributed by atoms with van der Waals surface area (Å²) in [6, 6.07) is 6.94. The number of sulfone groups is 1. The molecule has 0 aliphatic heterocycles. The fourth-order valence-electron chi connectivity index (χ4n) is 1.15. The molecule has 0 unspecified atom stereocenters. The van der Waals surface area contributed by atoms with E-state index in [2.05, 4.69) is 4.99 Å². The Morgan fingerprint density at radius 3 is 2.21 bits per heavy atom. The van der Waals surface area contributed by atoms with Crippen molar-refractivity contribution >= 4 is 25.0 Å². The van der Waals surface area contributed by atoms with Gasteiger partial charge in [0.1, 0.15) is 6.07 Å². The first kappa shape index (κ1) is 15.3. The van der Waals surface area contributed by atoms with Gasteiger partial charge >= 0.3 is 0 Å². The van der Waals surface area contributed by atoms with E-state index in [9.17, 15) is 16.8 Å². The van der Waals surface area contributed by atoms with E-state index in [-0.39, 0.29) is 4.90 Å². The summed E-state index contributed by atoms with van der Waals surface area (Å²) in [6.07, 6.45) is 0. The molecule has 0 heterocycles. The summed E-state index contributed by atoms with van der Waals surface area (Å²) < 4.78 is 53.4. The molecule has 0 aliphatic rings. The molecule has 102 valence electrons. The van der Waals surface area contributed by atoms with E-state index in [1.807, 2.05) is 0 Å². The molecule has 0 atom stereocenters. The van der Waals surface area contributed by atoms with E-state index in [0.29, 0.717) is 0 Å². The minimum atomic E-state index is -4.48.